The Hall–Kier alpha value is -1.62. The van der Waals surface area contributed by atoms with Crippen LogP contribution in [0.4, 0.5) is 0 Å². The van der Waals surface area contributed by atoms with E-state index in [4.69, 9.17) is 21.7 Å². The molecule has 3 rings (SSSR count). The molecule has 0 amide bonds. The van der Waals surface area contributed by atoms with Gasteiger partial charge in [-0.05, 0) is 25.2 Å². The molecule has 4 nitrogen and oxygen atoms in total. The lowest BCUT2D eigenvalue weighted by atomic mass is 9.83. The SMILES string of the molecule is CC1CC2(NC(=S)OC2=O)c2ccccc2O1. The summed E-state index contributed by atoms with van der Waals surface area (Å²) in [5.41, 5.74) is -0.0753. The Kier molecular flexibility index (Phi) is 2.13. The topological polar surface area (TPSA) is 47.6 Å². The van der Waals surface area contributed by atoms with Crippen LogP contribution in [0.25, 0.3) is 0 Å². The lowest BCUT2D eigenvalue weighted by Gasteiger charge is -2.35. The Balaban J connectivity index is 2.18. The van der Waals surface area contributed by atoms with Crippen molar-refractivity contribution in [2.24, 2.45) is 0 Å². The van der Waals surface area contributed by atoms with Crippen molar-refractivity contribution in [1.29, 1.82) is 0 Å². The van der Waals surface area contributed by atoms with Crippen LogP contribution >= 0.6 is 12.2 Å². The average molecular weight is 249 g/mol. The van der Waals surface area contributed by atoms with Crippen molar-refractivity contribution in [3.05, 3.63) is 29.8 Å². The molecule has 2 unspecified atom stereocenters. The number of nitrogens with one attached hydrogen (secondary N) is 1. The van der Waals surface area contributed by atoms with Gasteiger partial charge in [0.15, 0.2) is 5.54 Å². The van der Waals surface area contributed by atoms with Crippen molar-refractivity contribution in [3.63, 3.8) is 0 Å². The van der Waals surface area contributed by atoms with Crippen LogP contribution in [0.15, 0.2) is 24.3 Å². The highest BCUT2D eigenvalue weighted by Gasteiger charge is 2.53. The second-order valence-electron chi connectivity index (χ2n) is 4.34. The van der Waals surface area contributed by atoms with Gasteiger partial charge in [0.25, 0.3) is 5.17 Å². The summed E-state index contributed by atoms with van der Waals surface area (Å²) in [5.74, 6) is 0.366. The molecule has 88 valence electrons. The fourth-order valence-electron chi connectivity index (χ4n) is 2.46. The number of hydrogen-bond donors (Lipinski definition) is 1. The quantitative estimate of drug-likeness (QED) is 0.557. The van der Waals surface area contributed by atoms with Crippen molar-refractivity contribution in [3.8, 4) is 5.75 Å². The zero-order valence-electron chi connectivity index (χ0n) is 9.23. The van der Waals surface area contributed by atoms with E-state index in [-0.39, 0.29) is 17.2 Å². The van der Waals surface area contributed by atoms with Crippen molar-refractivity contribution < 1.29 is 14.3 Å². The van der Waals surface area contributed by atoms with E-state index in [9.17, 15) is 4.79 Å². The predicted octanol–water partition coefficient (Wildman–Crippen LogP) is 1.48. The van der Waals surface area contributed by atoms with E-state index in [0.29, 0.717) is 12.2 Å². The monoisotopic (exact) mass is 249 g/mol. The molecule has 1 saturated heterocycles. The van der Waals surface area contributed by atoms with E-state index in [1.54, 1.807) is 0 Å². The van der Waals surface area contributed by atoms with Gasteiger partial charge in [-0.1, -0.05) is 18.2 Å². The van der Waals surface area contributed by atoms with Crippen LogP contribution in [0.5, 0.6) is 5.75 Å². The first-order chi connectivity index (χ1) is 8.12. The zero-order valence-corrected chi connectivity index (χ0v) is 10.0. The van der Waals surface area contributed by atoms with Crippen LogP contribution in [0, 0.1) is 0 Å². The minimum Gasteiger partial charge on any atom is -0.490 e. The largest absolute Gasteiger partial charge is 0.490 e. The molecule has 2 aliphatic rings. The van der Waals surface area contributed by atoms with Gasteiger partial charge >= 0.3 is 5.97 Å². The van der Waals surface area contributed by atoms with Crippen LogP contribution < -0.4 is 10.1 Å². The maximum absolute atomic E-state index is 12.0. The molecule has 0 aromatic heterocycles. The minimum absolute atomic E-state index is 0.0640. The summed E-state index contributed by atoms with van der Waals surface area (Å²) < 4.78 is 10.7. The molecule has 1 fully saturated rings. The van der Waals surface area contributed by atoms with Crippen molar-refractivity contribution in [2.75, 3.05) is 0 Å². The molecular formula is C12H11NO3S. The molecule has 2 aliphatic heterocycles. The molecule has 1 spiro atoms. The third-order valence-electron chi connectivity index (χ3n) is 3.12. The Morgan fingerprint density at radius 2 is 2.24 bits per heavy atom. The number of para-hydroxylation sites is 1. The van der Waals surface area contributed by atoms with E-state index in [1.807, 2.05) is 31.2 Å². The fourth-order valence-corrected chi connectivity index (χ4v) is 2.71. The Morgan fingerprint density at radius 1 is 1.47 bits per heavy atom. The third kappa shape index (κ3) is 1.42. The van der Waals surface area contributed by atoms with Gasteiger partial charge in [-0.25, -0.2) is 4.79 Å². The third-order valence-corrected chi connectivity index (χ3v) is 3.30. The van der Waals surface area contributed by atoms with Gasteiger partial charge < -0.3 is 14.8 Å². The summed E-state index contributed by atoms with van der Waals surface area (Å²) in [6.45, 7) is 1.92. The van der Waals surface area contributed by atoms with Crippen LogP contribution in [-0.4, -0.2) is 17.2 Å². The van der Waals surface area contributed by atoms with Gasteiger partial charge in [0.05, 0.1) is 6.10 Å². The first-order valence-electron chi connectivity index (χ1n) is 5.42. The number of cyclic esters (lactones) is 1. The molecule has 2 atom stereocenters. The van der Waals surface area contributed by atoms with Gasteiger partial charge in [-0.3, -0.25) is 0 Å². The number of carbonyl (C=O) groups excluding carboxylic acids is 1. The summed E-state index contributed by atoms with van der Waals surface area (Å²) in [6, 6.07) is 7.46. The van der Waals surface area contributed by atoms with E-state index in [0.717, 1.165) is 5.56 Å². The minimum atomic E-state index is -0.870. The first-order valence-corrected chi connectivity index (χ1v) is 5.83. The van der Waals surface area contributed by atoms with E-state index in [1.165, 1.54) is 0 Å². The fraction of sp³-hybridized carbons (Fsp3) is 0.333. The molecule has 0 radical (unpaired) electrons. The number of hydrogen-bond acceptors (Lipinski definition) is 4. The molecule has 17 heavy (non-hydrogen) atoms. The van der Waals surface area contributed by atoms with Gasteiger partial charge in [-0.15, -0.1) is 0 Å². The smallest absolute Gasteiger partial charge is 0.344 e. The van der Waals surface area contributed by atoms with Gasteiger partial charge in [0, 0.05) is 12.0 Å². The molecule has 1 aromatic carbocycles. The molecule has 1 N–H and O–H groups in total. The highest BCUT2D eigenvalue weighted by atomic mass is 32.1. The first kappa shape index (κ1) is 10.5. The van der Waals surface area contributed by atoms with Crippen LogP contribution in [0.3, 0.4) is 0 Å². The molecule has 0 bridgehead atoms. The lowest BCUT2D eigenvalue weighted by molar-refractivity contribution is -0.140. The summed E-state index contributed by atoms with van der Waals surface area (Å²) in [4.78, 5) is 12.0. The summed E-state index contributed by atoms with van der Waals surface area (Å²) in [7, 11) is 0. The molecule has 2 heterocycles. The summed E-state index contributed by atoms with van der Waals surface area (Å²) in [5, 5.41) is 3.12. The molecular weight excluding hydrogens is 238 g/mol. The standard InChI is InChI=1S/C12H11NO3S/c1-7-6-12(10(14)16-11(17)13-12)8-4-2-3-5-9(8)15-7/h2-5,7H,6H2,1H3,(H,13,17). The Bertz CT molecular complexity index is 516. The van der Waals surface area contributed by atoms with Crippen molar-refractivity contribution in [2.45, 2.75) is 25.0 Å². The Labute approximate surface area is 104 Å². The number of benzene rings is 1. The van der Waals surface area contributed by atoms with Gasteiger partial charge in [0.2, 0.25) is 0 Å². The highest BCUT2D eigenvalue weighted by Crippen LogP contribution is 2.42. The zero-order chi connectivity index (χ0) is 12.0. The summed E-state index contributed by atoms with van der Waals surface area (Å²) in [6.07, 6.45) is 0.453. The maximum Gasteiger partial charge on any atom is 0.344 e. The van der Waals surface area contributed by atoms with Crippen LogP contribution in [0.1, 0.15) is 18.9 Å². The average Bonchev–Trinajstić information content (AvgIpc) is 2.54. The van der Waals surface area contributed by atoms with E-state index < -0.39 is 5.54 Å². The Morgan fingerprint density at radius 3 is 2.94 bits per heavy atom. The number of fused-ring (bicyclic) bond motifs is 2. The number of thiocarbonyl (C=S) groups is 1. The van der Waals surface area contributed by atoms with Crippen LogP contribution in [-0.2, 0) is 15.1 Å². The van der Waals surface area contributed by atoms with Crippen LogP contribution in [0.2, 0.25) is 0 Å². The number of carbonyl (C=O) groups is 1. The number of ether oxygens (including phenoxy) is 2. The number of rotatable bonds is 0. The second-order valence-corrected chi connectivity index (χ2v) is 4.71. The van der Waals surface area contributed by atoms with Crippen molar-refractivity contribution in [1.82, 2.24) is 5.32 Å². The molecule has 0 saturated carbocycles. The second kappa shape index (κ2) is 3.43. The molecule has 1 aromatic rings. The maximum atomic E-state index is 12.0. The normalized spacial score (nSPS) is 30.5. The van der Waals surface area contributed by atoms with E-state index >= 15 is 0 Å². The molecule has 5 heteroatoms. The number of esters is 1. The van der Waals surface area contributed by atoms with Gasteiger partial charge in [-0.2, -0.15) is 0 Å². The van der Waals surface area contributed by atoms with E-state index in [2.05, 4.69) is 5.32 Å². The highest BCUT2D eigenvalue weighted by molar-refractivity contribution is 7.80. The van der Waals surface area contributed by atoms with Crippen molar-refractivity contribution >= 4 is 23.4 Å². The predicted molar refractivity (Wildman–Crippen MR) is 64.7 cm³/mol. The lowest BCUT2D eigenvalue weighted by Crippen LogP contribution is -2.49. The van der Waals surface area contributed by atoms with Gasteiger partial charge in [0.1, 0.15) is 5.75 Å². The summed E-state index contributed by atoms with van der Waals surface area (Å²) >= 11 is 4.92. The molecule has 0 aliphatic carbocycles.